The molecule has 0 atom stereocenters. The maximum absolute atomic E-state index is 10.9. The average Bonchev–Trinajstić information content (AvgIpc) is 3.15. The molecule has 1 aliphatic carbocycles. The smallest absolute Gasteiger partial charge is 0.276 e. The lowest BCUT2D eigenvalue weighted by Crippen LogP contribution is -2.03. The highest BCUT2D eigenvalue weighted by atomic mass is 16.6. The number of nitrogens with one attached hydrogen (secondary N) is 1. The third kappa shape index (κ3) is 2.26. The Morgan fingerprint density at radius 3 is 2.89 bits per heavy atom. The van der Waals surface area contributed by atoms with Crippen molar-refractivity contribution in [3.63, 3.8) is 0 Å². The Morgan fingerprint density at radius 2 is 2.26 bits per heavy atom. The number of pyridine rings is 1. The first-order chi connectivity index (χ1) is 9.17. The van der Waals surface area contributed by atoms with E-state index in [1.165, 1.54) is 25.0 Å². The second-order valence-corrected chi connectivity index (χ2v) is 4.54. The van der Waals surface area contributed by atoms with Crippen molar-refractivity contribution in [2.45, 2.75) is 18.8 Å². The molecule has 98 valence electrons. The Morgan fingerprint density at radius 1 is 1.47 bits per heavy atom. The Balaban J connectivity index is 2.01. The summed E-state index contributed by atoms with van der Waals surface area (Å²) >= 11 is 0. The van der Waals surface area contributed by atoms with Crippen molar-refractivity contribution >= 4 is 11.5 Å². The number of hydrogen-bond donors (Lipinski definition) is 1. The third-order valence-corrected chi connectivity index (χ3v) is 3.10. The van der Waals surface area contributed by atoms with Crippen LogP contribution in [-0.2, 0) is 0 Å². The number of hydrogen-bond acceptors (Lipinski definition) is 5. The molecule has 7 nitrogen and oxygen atoms in total. The van der Waals surface area contributed by atoms with Gasteiger partial charge < -0.3 is 5.32 Å². The molecule has 0 unspecified atom stereocenters. The molecule has 19 heavy (non-hydrogen) atoms. The number of rotatable bonds is 4. The first kappa shape index (κ1) is 11.6. The van der Waals surface area contributed by atoms with E-state index in [-0.39, 0.29) is 5.69 Å². The average molecular weight is 259 g/mol. The highest BCUT2D eigenvalue weighted by molar-refractivity contribution is 5.50. The van der Waals surface area contributed by atoms with Gasteiger partial charge in [0.05, 0.1) is 22.7 Å². The first-order valence-electron chi connectivity index (χ1n) is 6.07. The zero-order chi connectivity index (χ0) is 13.4. The second kappa shape index (κ2) is 4.34. The highest BCUT2D eigenvalue weighted by Gasteiger charge is 2.26. The summed E-state index contributed by atoms with van der Waals surface area (Å²) in [5, 5.41) is 18.1. The van der Waals surface area contributed by atoms with Gasteiger partial charge in [-0.25, -0.2) is 9.67 Å². The van der Waals surface area contributed by atoms with E-state index in [0.717, 1.165) is 5.69 Å². The second-order valence-electron chi connectivity index (χ2n) is 4.54. The molecular formula is C12H13N5O2. The summed E-state index contributed by atoms with van der Waals surface area (Å²) in [7, 11) is 1.68. The lowest BCUT2D eigenvalue weighted by molar-refractivity contribution is -0.384. The van der Waals surface area contributed by atoms with E-state index in [1.54, 1.807) is 17.9 Å². The summed E-state index contributed by atoms with van der Waals surface area (Å²) in [4.78, 5) is 14.7. The molecule has 3 rings (SSSR count). The minimum absolute atomic E-state index is 0.00202. The molecule has 1 aliphatic rings. The van der Waals surface area contributed by atoms with E-state index in [4.69, 9.17) is 0 Å². The van der Waals surface area contributed by atoms with Crippen molar-refractivity contribution in [2.75, 3.05) is 12.4 Å². The quantitative estimate of drug-likeness (QED) is 0.671. The first-order valence-corrected chi connectivity index (χ1v) is 6.07. The molecule has 0 spiro atoms. The van der Waals surface area contributed by atoms with Crippen molar-refractivity contribution in [1.29, 1.82) is 0 Å². The third-order valence-electron chi connectivity index (χ3n) is 3.10. The lowest BCUT2D eigenvalue weighted by atomic mass is 10.3. The van der Waals surface area contributed by atoms with E-state index in [1.807, 2.05) is 6.07 Å². The molecule has 1 fully saturated rings. The summed E-state index contributed by atoms with van der Waals surface area (Å²) in [5.41, 5.74) is 1.03. The maximum Gasteiger partial charge on any atom is 0.276 e. The molecule has 0 radical (unpaired) electrons. The highest BCUT2D eigenvalue weighted by Crippen LogP contribution is 2.39. The van der Waals surface area contributed by atoms with Gasteiger partial charge in [0.1, 0.15) is 5.82 Å². The van der Waals surface area contributed by atoms with Gasteiger partial charge in [-0.05, 0) is 18.9 Å². The van der Waals surface area contributed by atoms with Crippen molar-refractivity contribution in [1.82, 2.24) is 14.8 Å². The maximum atomic E-state index is 10.9. The normalized spacial score (nSPS) is 14.4. The SMILES string of the molecule is CNc1cc([N+](=O)[O-])cc(-n2ccc(C3CC3)n2)n1. The van der Waals surface area contributed by atoms with Crippen LogP contribution in [0, 0.1) is 10.1 Å². The number of nitro groups is 1. The van der Waals surface area contributed by atoms with Gasteiger partial charge in [-0.15, -0.1) is 0 Å². The van der Waals surface area contributed by atoms with Gasteiger partial charge in [0.2, 0.25) is 0 Å². The minimum Gasteiger partial charge on any atom is -0.373 e. The molecule has 0 amide bonds. The van der Waals surface area contributed by atoms with Crippen LogP contribution in [0.25, 0.3) is 5.82 Å². The topological polar surface area (TPSA) is 85.9 Å². The fraction of sp³-hybridized carbons (Fsp3) is 0.333. The molecule has 1 N–H and O–H groups in total. The van der Waals surface area contributed by atoms with Gasteiger partial charge in [0.15, 0.2) is 5.82 Å². The van der Waals surface area contributed by atoms with Crippen LogP contribution >= 0.6 is 0 Å². The van der Waals surface area contributed by atoms with Gasteiger partial charge in [0.25, 0.3) is 5.69 Å². The lowest BCUT2D eigenvalue weighted by Gasteiger charge is -2.04. The molecule has 0 saturated heterocycles. The Labute approximate surface area is 109 Å². The molecule has 1 saturated carbocycles. The summed E-state index contributed by atoms with van der Waals surface area (Å²) in [6.45, 7) is 0. The molecule has 2 aromatic rings. The fourth-order valence-electron chi connectivity index (χ4n) is 1.92. The van der Waals surface area contributed by atoms with Crippen molar-refractivity contribution in [3.8, 4) is 5.82 Å². The molecule has 2 heterocycles. The zero-order valence-electron chi connectivity index (χ0n) is 10.4. The number of nitrogens with zero attached hydrogens (tertiary/aromatic N) is 4. The van der Waals surface area contributed by atoms with Crippen LogP contribution in [0.1, 0.15) is 24.5 Å². The summed E-state index contributed by atoms with van der Waals surface area (Å²) < 4.78 is 1.58. The van der Waals surface area contributed by atoms with Crippen LogP contribution in [-0.4, -0.2) is 26.7 Å². The van der Waals surface area contributed by atoms with E-state index in [2.05, 4.69) is 15.4 Å². The van der Waals surface area contributed by atoms with Crippen molar-refractivity contribution in [2.24, 2.45) is 0 Å². The monoisotopic (exact) mass is 259 g/mol. The zero-order valence-corrected chi connectivity index (χ0v) is 10.4. The van der Waals surface area contributed by atoms with Gasteiger partial charge in [0, 0.05) is 19.2 Å². The number of anilines is 1. The van der Waals surface area contributed by atoms with Crippen LogP contribution in [0.2, 0.25) is 0 Å². The Hall–Kier alpha value is -2.44. The Bertz CT molecular complexity index is 633. The molecule has 2 aromatic heterocycles. The number of aromatic nitrogens is 3. The molecular weight excluding hydrogens is 246 g/mol. The van der Waals surface area contributed by atoms with Gasteiger partial charge >= 0.3 is 0 Å². The fourth-order valence-corrected chi connectivity index (χ4v) is 1.92. The van der Waals surface area contributed by atoms with E-state index in [9.17, 15) is 10.1 Å². The van der Waals surface area contributed by atoms with E-state index in [0.29, 0.717) is 17.6 Å². The minimum atomic E-state index is -0.433. The van der Waals surface area contributed by atoms with E-state index >= 15 is 0 Å². The standard InChI is InChI=1S/C12H13N5O2/c1-13-11-6-9(17(18)19)7-12(14-11)16-5-4-10(15-16)8-2-3-8/h4-8H,2-3H2,1H3,(H,13,14). The summed E-state index contributed by atoms with van der Waals surface area (Å²) in [6.07, 6.45) is 4.13. The van der Waals surface area contributed by atoms with Gasteiger partial charge in [-0.3, -0.25) is 10.1 Å². The van der Waals surface area contributed by atoms with Crippen LogP contribution in [0.5, 0.6) is 0 Å². The molecule has 0 bridgehead atoms. The molecule has 7 heteroatoms. The molecule has 0 aromatic carbocycles. The predicted octanol–water partition coefficient (Wildman–Crippen LogP) is 2.09. The van der Waals surface area contributed by atoms with Crippen LogP contribution in [0.3, 0.4) is 0 Å². The summed E-state index contributed by atoms with van der Waals surface area (Å²) in [5.74, 6) is 1.45. The van der Waals surface area contributed by atoms with Gasteiger partial charge in [-0.2, -0.15) is 5.10 Å². The van der Waals surface area contributed by atoms with Crippen molar-refractivity contribution < 1.29 is 4.92 Å². The van der Waals surface area contributed by atoms with Crippen LogP contribution in [0.15, 0.2) is 24.4 Å². The van der Waals surface area contributed by atoms with Crippen LogP contribution < -0.4 is 5.32 Å². The summed E-state index contributed by atoms with van der Waals surface area (Å²) in [6, 6.07) is 4.76. The van der Waals surface area contributed by atoms with Crippen molar-refractivity contribution in [3.05, 3.63) is 40.2 Å². The van der Waals surface area contributed by atoms with E-state index < -0.39 is 4.92 Å². The molecule has 0 aliphatic heterocycles. The Kier molecular flexibility index (Phi) is 2.66. The predicted molar refractivity (Wildman–Crippen MR) is 69.5 cm³/mol. The van der Waals surface area contributed by atoms with Gasteiger partial charge in [-0.1, -0.05) is 0 Å². The van der Waals surface area contributed by atoms with Crippen LogP contribution in [0.4, 0.5) is 11.5 Å². The largest absolute Gasteiger partial charge is 0.373 e.